The molecule has 2 aromatic carbocycles. The number of fused-ring (bicyclic) bond motifs is 2. The highest BCUT2D eigenvalue weighted by Gasteiger charge is 2.21. The van der Waals surface area contributed by atoms with Crippen LogP contribution in [0.15, 0.2) is 69.9 Å². The summed E-state index contributed by atoms with van der Waals surface area (Å²) in [6.45, 7) is 6.34. The topological polar surface area (TPSA) is 109 Å². The molecule has 0 atom stereocenters. The minimum Gasteiger partial charge on any atom is -0.464 e. The van der Waals surface area contributed by atoms with Gasteiger partial charge in [-0.2, -0.15) is 0 Å². The zero-order valence-electron chi connectivity index (χ0n) is 24.9. The number of amides is 1. The van der Waals surface area contributed by atoms with Gasteiger partial charge in [0.25, 0.3) is 0 Å². The molecule has 2 aliphatic heterocycles. The maximum absolute atomic E-state index is 12.0. The van der Waals surface area contributed by atoms with Crippen molar-refractivity contribution in [2.75, 3.05) is 59.2 Å². The van der Waals surface area contributed by atoms with Gasteiger partial charge >= 0.3 is 0 Å². The van der Waals surface area contributed by atoms with E-state index in [4.69, 9.17) is 18.3 Å². The summed E-state index contributed by atoms with van der Waals surface area (Å²) in [4.78, 5) is 16.1. The van der Waals surface area contributed by atoms with Gasteiger partial charge in [-0.25, -0.2) is 0 Å². The fourth-order valence-corrected chi connectivity index (χ4v) is 5.53. The maximum Gasteiger partial charge on any atom is 0.248 e. The highest BCUT2D eigenvalue weighted by atomic mass is 16.5. The predicted molar refractivity (Wildman–Crippen MR) is 165 cm³/mol. The Hall–Kier alpha value is -3.21. The Morgan fingerprint density at radius 1 is 0.721 bits per heavy atom. The molecule has 9 heteroatoms. The second kappa shape index (κ2) is 16.0. The van der Waals surface area contributed by atoms with Crippen molar-refractivity contribution in [1.82, 2.24) is 9.80 Å². The van der Waals surface area contributed by atoms with Crippen LogP contribution in [0.25, 0.3) is 21.9 Å². The Morgan fingerprint density at radius 2 is 1.26 bits per heavy atom. The van der Waals surface area contributed by atoms with E-state index in [2.05, 4.69) is 23.1 Å². The molecule has 0 spiro atoms. The minimum atomic E-state index is -0.261. The fraction of sp³-hybridized carbons (Fsp3) is 0.500. The summed E-state index contributed by atoms with van der Waals surface area (Å²) in [5.41, 5.74) is 4.27. The van der Waals surface area contributed by atoms with Gasteiger partial charge in [-0.1, -0.05) is 12.1 Å². The quantitative estimate of drug-likeness (QED) is 0.247. The number of nitrogens with zero attached hydrogens (tertiary/aromatic N) is 2. The van der Waals surface area contributed by atoms with Crippen molar-refractivity contribution >= 4 is 27.8 Å². The van der Waals surface area contributed by atoms with Gasteiger partial charge in [0.1, 0.15) is 17.8 Å². The van der Waals surface area contributed by atoms with E-state index < -0.39 is 0 Å². The third-order valence-electron chi connectivity index (χ3n) is 8.26. The smallest absolute Gasteiger partial charge is 0.248 e. The van der Waals surface area contributed by atoms with Gasteiger partial charge < -0.3 is 38.3 Å². The second-order valence-electron chi connectivity index (χ2n) is 11.4. The molecule has 0 bridgehead atoms. The van der Waals surface area contributed by atoms with Gasteiger partial charge in [0.2, 0.25) is 5.91 Å². The number of aliphatic hydroxyl groups excluding tert-OH is 2. The van der Waals surface area contributed by atoms with Crippen LogP contribution in [0.2, 0.25) is 0 Å². The molecule has 1 amide bonds. The van der Waals surface area contributed by atoms with Gasteiger partial charge in [0.05, 0.1) is 44.6 Å². The van der Waals surface area contributed by atoms with Crippen molar-refractivity contribution in [3.8, 4) is 0 Å². The summed E-state index contributed by atoms with van der Waals surface area (Å²) >= 11 is 0. The predicted octanol–water partition coefficient (Wildman–Crippen LogP) is 4.42. The number of piperidine rings is 2. The third-order valence-corrected chi connectivity index (χ3v) is 8.26. The van der Waals surface area contributed by atoms with Crippen LogP contribution in [0.1, 0.15) is 36.8 Å². The van der Waals surface area contributed by atoms with Gasteiger partial charge in [-0.3, -0.25) is 4.79 Å². The molecule has 2 aliphatic rings. The molecule has 2 N–H and O–H groups in total. The van der Waals surface area contributed by atoms with E-state index in [1.165, 1.54) is 11.1 Å². The first-order valence-corrected chi connectivity index (χ1v) is 15.5. The highest BCUT2D eigenvalue weighted by Crippen LogP contribution is 2.18. The van der Waals surface area contributed by atoms with Crippen LogP contribution >= 0.6 is 0 Å². The van der Waals surface area contributed by atoms with Crippen LogP contribution in [0.3, 0.4) is 0 Å². The number of hydrogen-bond donors (Lipinski definition) is 2. The Kier molecular flexibility index (Phi) is 11.6. The number of furan rings is 2. The Labute approximate surface area is 253 Å². The summed E-state index contributed by atoms with van der Waals surface area (Å²) in [7, 11) is 0. The van der Waals surface area contributed by atoms with Crippen LogP contribution in [0.5, 0.6) is 0 Å². The average Bonchev–Trinajstić information content (AvgIpc) is 3.70. The molecule has 0 saturated carbocycles. The van der Waals surface area contributed by atoms with Crippen LogP contribution in [0, 0.1) is 0 Å². The van der Waals surface area contributed by atoms with E-state index in [-0.39, 0.29) is 24.7 Å². The third kappa shape index (κ3) is 9.64. The number of ether oxygens (including phenoxy) is 2. The molecule has 4 heterocycles. The zero-order chi connectivity index (χ0) is 29.9. The lowest BCUT2D eigenvalue weighted by molar-refractivity contribution is -0.138. The summed E-state index contributed by atoms with van der Waals surface area (Å²) in [6, 6.07) is 16.3. The lowest BCUT2D eigenvalue weighted by Gasteiger charge is -2.29. The Balaban J connectivity index is 0.000000171. The van der Waals surface area contributed by atoms with Crippen molar-refractivity contribution in [3.05, 3.63) is 72.2 Å². The molecule has 9 nitrogen and oxygen atoms in total. The highest BCUT2D eigenvalue weighted by molar-refractivity contribution is 5.78. The number of aliphatic hydroxyl groups is 2. The molecule has 43 heavy (non-hydrogen) atoms. The second-order valence-corrected chi connectivity index (χ2v) is 11.4. The molecule has 0 radical (unpaired) electrons. The molecule has 2 saturated heterocycles. The van der Waals surface area contributed by atoms with Gasteiger partial charge in [-0.05, 0) is 86.1 Å². The fourth-order valence-electron chi connectivity index (χ4n) is 5.53. The van der Waals surface area contributed by atoms with E-state index in [0.717, 1.165) is 80.5 Å². The van der Waals surface area contributed by atoms with Crippen LogP contribution < -0.4 is 0 Å². The first kappa shape index (κ1) is 31.2. The lowest BCUT2D eigenvalue weighted by atomic mass is 10.1. The van der Waals surface area contributed by atoms with E-state index in [1.807, 2.05) is 30.3 Å². The molecule has 232 valence electrons. The SMILES string of the molecule is O=C(COCCc1ccc2occc2c1)N1CCC(O)CC1.OC1CCN(CCOCCc2ccc3occc3c2)CC1. The molecular formula is C34H44N2O7. The normalized spacial score (nSPS) is 16.9. The average molecular weight is 593 g/mol. The first-order chi connectivity index (χ1) is 21.0. The Bertz CT molecular complexity index is 1400. The van der Waals surface area contributed by atoms with Crippen molar-refractivity contribution in [1.29, 1.82) is 0 Å². The monoisotopic (exact) mass is 592 g/mol. The largest absolute Gasteiger partial charge is 0.464 e. The molecular weight excluding hydrogens is 548 g/mol. The minimum absolute atomic E-state index is 0.0113. The number of likely N-dealkylation sites (tertiary alicyclic amines) is 2. The number of rotatable bonds is 11. The number of carbonyl (C=O) groups excluding carboxylic acids is 1. The van der Waals surface area contributed by atoms with Crippen LogP contribution in [-0.2, 0) is 27.1 Å². The van der Waals surface area contributed by atoms with Crippen LogP contribution in [0.4, 0.5) is 0 Å². The lowest BCUT2D eigenvalue weighted by Crippen LogP contribution is -2.41. The summed E-state index contributed by atoms with van der Waals surface area (Å²) in [6.07, 6.45) is 7.86. The molecule has 4 aromatic rings. The maximum atomic E-state index is 12.0. The molecule has 0 aliphatic carbocycles. The molecule has 2 aromatic heterocycles. The molecule has 2 fully saturated rings. The van der Waals surface area contributed by atoms with E-state index in [9.17, 15) is 15.0 Å². The van der Waals surface area contributed by atoms with Crippen molar-refractivity contribution in [2.24, 2.45) is 0 Å². The van der Waals surface area contributed by atoms with Crippen LogP contribution in [-0.4, -0.2) is 97.3 Å². The van der Waals surface area contributed by atoms with Crippen molar-refractivity contribution in [2.45, 2.75) is 50.7 Å². The molecule has 6 rings (SSSR count). The number of benzene rings is 2. The zero-order valence-corrected chi connectivity index (χ0v) is 24.9. The summed E-state index contributed by atoms with van der Waals surface area (Å²) in [5, 5.41) is 21.1. The van der Waals surface area contributed by atoms with Crippen molar-refractivity contribution < 1.29 is 33.3 Å². The first-order valence-electron chi connectivity index (χ1n) is 15.5. The Morgan fingerprint density at radius 3 is 1.84 bits per heavy atom. The summed E-state index contributed by atoms with van der Waals surface area (Å²) in [5.74, 6) is 0.0113. The van der Waals surface area contributed by atoms with E-state index in [1.54, 1.807) is 17.4 Å². The van der Waals surface area contributed by atoms with E-state index in [0.29, 0.717) is 32.5 Å². The summed E-state index contributed by atoms with van der Waals surface area (Å²) < 4.78 is 21.9. The van der Waals surface area contributed by atoms with Crippen molar-refractivity contribution in [3.63, 3.8) is 0 Å². The van der Waals surface area contributed by atoms with Gasteiger partial charge in [0, 0.05) is 43.5 Å². The van der Waals surface area contributed by atoms with Gasteiger partial charge in [0.15, 0.2) is 0 Å². The number of carbonyl (C=O) groups is 1. The standard InChI is InChI=1S/C17H21NO4.C17H23NO3/c19-15-3-7-18(8-4-15)17(20)12-21-9-5-13-1-2-16-14(11-13)6-10-22-16;19-16-3-7-18(8-4-16)9-12-20-10-5-14-1-2-17-15(13-14)6-11-21-17/h1-2,6,10-11,15,19H,3-5,7-9,12H2;1-2,6,11,13,16,19H,3-5,7-10,12H2. The van der Waals surface area contributed by atoms with E-state index >= 15 is 0 Å². The van der Waals surface area contributed by atoms with Gasteiger partial charge in [-0.15, -0.1) is 0 Å². The number of hydrogen-bond acceptors (Lipinski definition) is 8. The molecule has 0 unspecified atom stereocenters.